The number of ether oxygens (including phenoxy) is 1. The number of hydrogen-bond acceptors (Lipinski definition) is 4. The maximum atomic E-state index is 13.0. The number of halogens is 4. The molecule has 0 aliphatic carbocycles. The molecular formula is C24H20ClF3N2O2. The van der Waals surface area contributed by atoms with Gasteiger partial charge in [0.05, 0.1) is 18.7 Å². The second-order valence-corrected chi connectivity index (χ2v) is 7.76. The number of para-hydroxylation sites is 1. The normalized spacial score (nSPS) is 18.6. The zero-order valence-electron chi connectivity index (χ0n) is 17.0. The fourth-order valence-corrected chi connectivity index (χ4v) is 3.75. The summed E-state index contributed by atoms with van der Waals surface area (Å²) in [4.78, 5) is 0. The maximum absolute atomic E-state index is 13.0. The van der Waals surface area contributed by atoms with Crippen LogP contribution >= 0.6 is 11.6 Å². The van der Waals surface area contributed by atoms with Crippen molar-refractivity contribution in [1.82, 2.24) is 10.6 Å². The van der Waals surface area contributed by atoms with Crippen LogP contribution in [0.2, 0.25) is 5.02 Å². The van der Waals surface area contributed by atoms with Gasteiger partial charge in [-0.3, -0.25) is 5.32 Å². The molecule has 4 nitrogen and oxygen atoms in total. The van der Waals surface area contributed by atoms with Crippen molar-refractivity contribution in [2.24, 2.45) is 0 Å². The van der Waals surface area contributed by atoms with Crippen molar-refractivity contribution in [3.8, 4) is 11.5 Å². The molecule has 3 N–H and O–H groups in total. The minimum absolute atomic E-state index is 0.00715. The molecule has 0 saturated carbocycles. The highest BCUT2D eigenvalue weighted by Crippen LogP contribution is 2.38. The van der Waals surface area contributed by atoms with E-state index in [9.17, 15) is 18.3 Å². The summed E-state index contributed by atoms with van der Waals surface area (Å²) in [6.07, 6.45) is -3.02. The molecule has 1 heterocycles. The predicted molar refractivity (Wildman–Crippen MR) is 117 cm³/mol. The Morgan fingerprint density at radius 1 is 0.969 bits per heavy atom. The van der Waals surface area contributed by atoms with Crippen LogP contribution < -0.4 is 15.4 Å². The molecule has 3 aromatic rings. The van der Waals surface area contributed by atoms with E-state index in [0.29, 0.717) is 21.9 Å². The Kier molecular flexibility index (Phi) is 6.04. The van der Waals surface area contributed by atoms with Gasteiger partial charge in [-0.25, -0.2) is 0 Å². The van der Waals surface area contributed by atoms with E-state index in [4.69, 9.17) is 16.3 Å². The van der Waals surface area contributed by atoms with Gasteiger partial charge in [0.1, 0.15) is 6.17 Å². The molecule has 32 heavy (non-hydrogen) atoms. The fourth-order valence-electron chi connectivity index (χ4n) is 3.63. The first-order chi connectivity index (χ1) is 15.3. The van der Waals surface area contributed by atoms with Gasteiger partial charge in [0.2, 0.25) is 0 Å². The number of aromatic hydroxyl groups is 1. The molecule has 0 spiro atoms. The first-order valence-corrected chi connectivity index (χ1v) is 10.2. The van der Waals surface area contributed by atoms with Crippen molar-refractivity contribution in [3.63, 3.8) is 0 Å². The molecule has 4 rings (SSSR count). The van der Waals surface area contributed by atoms with Crippen molar-refractivity contribution in [3.05, 3.63) is 100 Å². The lowest BCUT2D eigenvalue weighted by Gasteiger charge is -2.33. The lowest BCUT2D eigenvalue weighted by atomic mass is 9.97. The third-order valence-corrected chi connectivity index (χ3v) is 5.54. The van der Waals surface area contributed by atoms with Crippen LogP contribution in [0.25, 0.3) is 5.70 Å². The molecule has 2 atom stereocenters. The molecule has 166 valence electrons. The number of alkyl halides is 3. The number of phenolic OH excluding ortho intramolecular Hbond substituents is 1. The van der Waals surface area contributed by atoms with Gasteiger partial charge in [0.15, 0.2) is 11.5 Å². The Labute approximate surface area is 188 Å². The quantitative estimate of drug-likeness (QED) is 0.444. The second-order valence-electron chi connectivity index (χ2n) is 7.33. The summed E-state index contributed by atoms with van der Waals surface area (Å²) in [6.45, 7) is 0. The summed E-state index contributed by atoms with van der Waals surface area (Å²) in [5.74, 6) is 0.322. The topological polar surface area (TPSA) is 53.5 Å². The molecule has 0 aromatic heterocycles. The van der Waals surface area contributed by atoms with Gasteiger partial charge < -0.3 is 15.2 Å². The van der Waals surface area contributed by atoms with Crippen molar-refractivity contribution in [1.29, 1.82) is 0 Å². The van der Waals surface area contributed by atoms with E-state index in [-0.39, 0.29) is 5.75 Å². The molecule has 0 saturated heterocycles. The molecule has 0 bridgehead atoms. The van der Waals surface area contributed by atoms with Gasteiger partial charge in [0.25, 0.3) is 0 Å². The van der Waals surface area contributed by atoms with Crippen molar-refractivity contribution >= 4 is 17.3 Å². The number of rotatable bonds is 4. The van der Waals surface area contributed by atoms with Crippen LogP contribution in [0.1, 0.15) is 34.5 Å². The van der Waals surface area contributed by atoms with Crippen LogP contribution in [-0.4, -0.2) is 12.2 Å². The molecule has 0 radical (unpaired) electrons. The molecule has 1 aliphatic rings. The van der Waals surface area contributed by atoms with E-state index in [1.54, 1.807) is 30.3 Å². The van der Waals surface area contributed by atoms with Crippen LogP contribution in [0.3, 0.4) is 0 Å². The van der Waals surface area contributed by atoms with Crippen LogP contribution in [0.15, 0.2) is 72.8 Å². The summed E-state index contributed by atoms with van der Waals surface area (Å²) in [5.41, 5.74) is 2.07. The molecule has 1 aliphatic heterocycles. The Hall–Kier alpha value is -3.16. The maximum Gasteiger partial charge on any atom is 0.416 e. The number of methoxy groups -OCH3 is 1. The van der Waals surface area contributed by atoms with E-state index < -0.39 is 23.9 Å². The third kappa shape index (κ3) is 4.54. The van der Waals surface area contributed by atoms with Crippen molar-refractivity contribution < 1.29 is 23.0 Å². The molecule has 0 fully saturated rings. The molecule has 3 aromatic carbocycles. The largest absolute Gasteiger partial charge is 0.504 e. The average Bonchev–Trinajstić information content (AvgIpc) is 2.79. The predicted octanol–water partition coefficient (Wildman–Crippen LogP) is 6.05. The number of hydrogen-bond donors (Lipinski definition) is 3. The van der Waals surface area contributed by atoms with E-state index in [0.717, 1.165) is 23.4 Å². The highest BCUT2D eigenvalue weighted by Gasteiger charge is 2.31. The minimum Gasteiger partial charge on any atom is -0.504 e. The third-order valence-electron chi connectivity index (χ3n) is 5.29. The standard InChI is InChI=1S/C24H20ClF3N2O2/c1-32-21-4-2-3-18(22(21)31)20-13-19(14-7-11-17(25)12-8-14)29-23(30-20)15-5-9-16(10-6-15)24(26,27)28/h2-13,20,23,29-31H,1H3. The monoisotopic (exact) mass is 460 g/mol. The highest BCUT2D eigenvalue weighted by molar-refractivity contribution is 6.30. The molecular weight excluding hydrogens is 441 g/mol. The number of nitrogens with one attached hydrogen (secondary N) is 2. The van der Waals surface area contributed by atoms with Gasteiger partial charge in [0, 0.05) is 16.3 Å². The summed E-state index contributed by atoms with van der Waals surface area (Å²) in [6, 6.07) is 16.9. The van der Waals surface area contributed by atoms with Gasteiger partial charge >= 0.3 is 6.18 Å². The van der Waals surface area contributed by atoms with Gasteiger partial charge in [-0.15, -0.1) is 0 Å². The summed E-state index contributed by atoms with van der Waals surface area (Å²) >= 11 is 6.01. The lowest BCUT2D eigenvalue weighted by molar-refractivity contribution is -0.137. The van der Waals surface area contributed by atoms with Crippen molar-refractivity contribution in [2.75, 3.05) is 7.11 Å². The van der Waals surface area contributed by atoms with E-state index in [1.165, 1.54) is 19.2 Å². The fraction of sp³-hybridized carbons (Fsp3) is 0.167. The van der Waals surface area contributed by atoms with Gasteiger partial charge in [-0.05, 0) is 47.5 Å². The van der Waals surface area contributed by atoms with Crippen LogP contribution in [-0.2, 0) is 6.18 Å². The van der Waals surface area contributed by atoms with E-state index >= 15 is 0 Å². The average molecular weight is 461 g/mol. The highest BCUT2D eigenvalue weighted by atomic mass is 35.5. The molecule has 8 heteroatoms. The van der Waals surface area contributed by atoms with Crippen LogP contribution in [0.4, 0.5) is 13.2 Å². The zero-order valence-corrected chi connectivity index (χ0v) is 17.7. The second kappa shape index (κ2) is 8.76. The lowest BCUT2D eigenvalue weighted by Crippen LogP contribution is -2.39. The Morgan fingerprint density at radius 3 is 2.28 bits per heavy atom. The number of phenols is 1. The van der Waals surface area contributed by atoms with Gasteiger partial charge in [-0.2, -0.15) is 13.2 Å². The van der Waals surface area contributed by atoms with Crippen LogP contribution in [0, 0.1) is 0 Å². The Morgan fingerprint density at radius 2 is 1.66 bits per heavy atom. The zero-order chi connectivity index (χ0) is 22.9. The summed E-state index contributed by atoms with van der Waals surface area (Å²) < 4.78 is 44.2. The SMILES string of the molecule is COc1cccc(C2C=C(c3ccc(Cl)cc3)NC(c3ccc(C(F)(F)F)cc3)N2)c1O. The first kappa shape index (κ1) is 22.0. The van der Waals surface area contributed by atoms with Gasteiger partial charge in [-0.1, -0.05) is 48.0 Å². The van der Waals surface area contributed by atoms with E-state index in [2.05, 4.69) is 10.6 Å². The molecule has 2 unspecified atom stereocenters. The summed E-state index contributed by atoms with van der Waals surface area (Å²) in [5, 5.41) is 17.9. The Bertz CT molecular complexity index is 1130. The first-order valence-electron chi connectivity index (χ1n) is 9.79. The van der Waals surface area contributed by atoms with Crippen LogP contribution in [0.5, 0.6) is 11.5 Å². The summed E-state index contributed by atoms with van der Waals surface area (Å²) in [7, 11) is 1.47. The number of benzene rings is 3. The molecule has 0 amide bonds. The van der Waals surface area contributed by atoms with Crippen molar-refractivity contribution in [2.45, 2.75) is 18.4 Å². The Balaban J connectivity index is 1.74. The van der Waals surface area contributed by atoms with E-state index in [1.807, 2.05) is 18.2 Å². The minimum atomic E-state index is -4.41. The smallest absolute Gasteiger partial charge is 0.416 e.